The molecule has 26 heavy (non-hydrogen) atoms. The molecule has 134 valence electrons. The van der Waals surface area contributed by atoms with Crippen LogP contribution in [0.1, 0.15) is 18.4 Å². The first-order valence-corrected chi connectivity index (χ1v) is 8.67. The first kappa shape index (κ1) is 17.9. The highest BCUT2D eigenvalue weighted by molar-refractivity contribution is 6.30. The molecule has 0 fully saturated rings. The van der Waals surface area contributed by atoms with Crippen LogP contribution >= 0.6 is 11.6 Å². The van der Waals surface area contributed by atoms with Gasteiger partial charge in [0.1, 0.15) is 5.75 Å². The molecule has 1 N–H and O–H groups in total. The number of carbonyl (C=O) groups is 1. The number of nitrogens with one attached hydrogen (secondary N) is 1. The first-order chi connectivity index (χ1) is 12.7. The normalized spacial score (nSPS) is 10.5. The molecular formula is C19H19ClN4O2. The Morgan fingerprint density at radius 2 is 2.04 bits per heavy atom. The van der Waals surface area contributed by atoms with Gasteiger partial charge in [0.05, 0.1) is 13.2 Å². The van der Waals surface area contributed by atoms with E-state index >= 15 is 0 Å². The number of carbonyl (C=O) groups excluding carboxylic acids is 1. The number of rotatable bonds is 8. The van der Waals surface area contributed by atoms with Gasteiger partial charge in [-0.25, -0.2) is 0 Å². The van der Waals surface area contributed by atoms with Crippen molar-refractivity contribution in [3.63, 3.8) is 0 Å². The summed E-state index contributed by atoms with van der Waals surface area (Å²) < 4.78 is 7.33. The third-order valence-electron chi connectivity index (χ3n) is 3.61. The molecule has 0 saturated carbocycles. The van der Waals surface area contributed by atoms with Crippen LogP contribution in [0, 0.1) is 0 Å². The number of benzene rings is 1. The van der Waals surface area contributed by atoms with E-state index < -0.39 is 0 Å². The van der Waals surface area contributed by atoms with Gasteiger partial charge in [-0.1, -0.05) is 17.7 Å². The molecule has 3 rings (SSSR count). The van der Waals surface area contributed by atoms with Crippen LogP contribution in [0.5, 0.6) is 5.75 Å². The van der Waals surface area contributed by atoms with Gasteiger partial charge < -0.3 is 10.1 Å². The summed E-state index contributed by atoms with van der Waals surface area (Å²) in [5.74, 6) is 1.19. The summed E-state index contributed by atoms with van der Waals surface area (Å²) in [6.45, 7) is 1.07. The maximum atomic E-state index is 12.0. The first-order valence-electron chi connectivity index (χ1n) is 8.29. The molecule has 0 saturated heterocycles. The number of amides is 1. The number of anilines is 1. The summed E-state index contributed by atoms with van der Waals surface area (Å²) >= 11 is 5.82. The number of hydrogen-bond acceptors (Lipinski definition) is 4. The Morgan fingerprint density at radius 1 is 1.19 bits per heavy atom. The number of nitrogens with zero attached hydrogens (tertiary/aromatic N) is 3. The lowest BCUT2D eigenvalue weighted by Crippen LogP contribution is -2.13. The maximum Gasteiger partial charge on any atom is 0.225 e. The van der Waals surface area contributed by atoms with Crippen LogP contribution in [0.3, 0.4) is 0 Å². The van der Waals surface area contributed by atoms with Crippen LogP contribution in [0.25, 0.3) is 0 Å². The van der Waals surface area contributed by atoms with E-state index in [9.17, 15) is 4.79 Å². The second kappa shape index (κ2) is 9.01. The number of aromatic nitrogens is 3. The summed E-state index contributed by atoms with van der Waals surface area (Å²) in [5.41, 5.74) is 1.05. The third kappa shape index (κ3) is 5.60. The van der Waals surface area contributed by atoms with Crippen molar-refractivity contribution in [2.24, 2.45) is 0 Å². The van der Waals surface area contributed by atoms with Crippen molar-refractivity contribution in [3.8, 4) is 5.75 Å². The Balaban J connectivity index is 1.39. The van der Waals surface area contributed by atoms with Crippen molar-refractivity contribution in [1.29, 1.82) is 0 Å². The smallest absolute Gasteiger partial charge is 0.225 e. The van der Waals surface area contributed by atoms with E-state index in [0.29, 0.717) is 36.8 Å². The second-order valence-electron chi connectivity index (χ2n) is 5.71. The van der Waals surface area contributed by atoms with E-state index in [1.807, 2.05) is 18.3 Å². The molecule has 2 heterocycles. The number of halogens is 1. The number of pyridine rings is 1. The summed E-state index contributed by atoms with van der Waals surface area (Å²) in [6.07, 6.45) is 6.33. The highest BCUT2D eigenvalue weighted by Gasteiger charge is 2.06. The minimum atomic E-state index is -0.0867. The second-order valence-corrected chi connectivity index (χ2v) is 6.15. The average molecular weight is 371 g/mol. The van der Waals surface area contributed by atoms with Crippen LogP contribution < -0.4 is 10.1 Å². The van der Waals surface area contributed by atoms with E-state index in [0.717, 1.165) is 11.3 Å². The van der Waals surface area contributed by atoms with Crippen LogP contribution in [0.15, 0.2) is 61.1 Å². The predicted octanol–water partition coefficient (Wildman–Crippen LogP) is 3.78. The molecule has 1 aromatic carbocycles. The number of hydrogen-bond donors (Lipinski definition) is 1. The van der Waals surface area contributed by atoms with Crippen LogP contribution in [-0.4, -0.2) is 27.3 Å². The quantitative estimate of drug-likeness (QED) is 0.613. The Bertz CT molecular complexity index is 834. The summed E-state index contributed by atoms with van der Waals surface area (Å²) in [5, 5.41) is 7.80. The van der Waals surface area contributed by atoms with E-state index in [4.69, 9.17) is 16.3 Å². The highest BCUT2D eigenvalue weighted by Crippen LogP contribution is 2.15. The summed E-state index contributed by atoms with van der Waals surface area (Å²) in [6, 6.07) is 12.8. The number of ether oxygens (including phenoxy) is 1. The molecule has 0 radical (unpaired) electrons. The Kier molecular flexibility index (Phi) is 6.22. The zero-order valence-electron chi connectivity index (χ0n) is 14.1. The highest BCUT2D eigenvalue weighted by atomic mass is 35.5. The standard InChI is InChI=1S/C19H19ClN4O2/c20-16-5-7-17(8-6-16)26-12-2-4-19(25)22-18-9-11-24(23-18)14-15-3-1-10-21-13-15/h1,3,5-11,13H,2,4,12,14H2,(H,22,23,25). The molecular weight excluding hydrogens is 352 g/mol. The molecule has 6 nitrogen and oxygen atoms in total. The van der Waals surface area contributed by atoms with E-state index in [1.165, 1.54) is 0 Å². The van der Waals surface area contributed by atoms with Crippen molar-refractivity contribution in [1.82, 2.24) is 14.8 Å². The van der Waals surface area contributed by atoms with Gasteiger partial charge in [-0.2, -0.15) is 5.10 Å². The molecule has 1 amide bonds. The van der Waals surface area contributed by atoms with Gasteiger partial charge in [-0.3, -0.25) is 14.5 Å². The van der Waals surface area contributed by atoms with Crippen molar-refractivity contribution < 1.29 is 9.53 Å². The van der Waals surface area contributed by atoms with Crippen molar-refractivity contribution in [2.45, 2.75) is 19.4 Å². The minimum Gasteiger partial charge on any atom is -0.494 e. The molecule has 0 aliphatic rings. The van der Waals surface area contributed by atoms with Gasteiger partial charge in [0.15, 0.2) is 5.82 Å². The Hall–Kier alpha value is -2.86. The molecule has 2 aromatic heterocycles. The van der Waals surface area contributed by atoms with Crippen molar-refractivity contribution in [2.75, 3.05) is 11.9 Å². The zero-order chi connectivity index (χ0) is 18.2. The minimum absolute atomic E-state index is 0.0867. The SMILES string of the molecule is O=C(CCCOc1ccc(Cl)cc1)Nc1ccn(Cc2cccnc2)n1. The Morgan fingerprint density at radius 3 is 2.81 bits per heavy atom. The molecule has 3 aromatic rings. The lowest BCUT2D eigenvalue weighted by atomic mass is 10.3. The van der Waals surface area contributed by atoms with Crippen LogP contribution in [0.2, 0.25) is 5.02 Å². The zero-order valence-corrected chi connectivity index (χ0v) is 14.9. The van der Waals surface area contributed by atoms with Gasteiger partial charge in [-0.05, 0) is 42.3 Å². The average Bonchev–Trinajstić information content (AvgIpc) is 3.08. The Labute approximate surface area is 156 Å². The monoisotopic (exact) mass is 370 g/mol. The topological polar surface area (TPSA) is 69.0 Å². The largest absolute Gasteiger partial charge is 0.494 e. The molecule has 0 spiro atoms. The predicted molar refractivity (Wildman–Crippen MR) is 100 cm³/mol. The molecule has 0 unspecified atom stereocenters. The van der Waals surface area contributed by atoms with Gasteiger partial charge in [0.2, 0.25) is 5.91 Å². The molecule has 0 atom stereocenters. The fourth-order valence-corrected chi connectivity index (χ4v) is 2.48. The van der Waals surface area contributed by atoms with Gasteiger partial charge >= 0.3 is 0 Å². The maximum absolute atomic E-state index is 12.0. The summed E-state index contributed by atoms with van der Waals surface area (Å²) in [4.78, 5) is 16.1. The third-order valence-corrected chi connectivity index (χ3v) is 3.86. The summed E-state index contributed by atoms with van der Waals surface area (Å²) in [7, 11) is 0. The lowest BCUT2D eigenvalue weighted by Gasteiger charge is -2.06. The van der Waals surface area contributed by atoms with E-state index in [2.05, 4.69) is 15.4 Å². The van der Waals surface area contributed by atoms with Crippen LogP contribution in [0.4, 0.5) is 5.82 Å². The van der Waals surface area contributed by atoms with Gasteiger partial charge in [-0.15, -0.1) is 0 Å². The van der Waals surface area contributed by atoms with Crippen LogP contribution in [-0.2, 0) is 11.3 Å². The van der Waals surface area contributed by atoms with E-state index in [-0.39, 0.29) is 5.91 Å². The van der Waals surface area contributed by atoms with Gasteiger partial charge in [0.25, 0.3) is 0 Å². The lowest BCUT2D eigenvalue weighted by molar-refractivity contribution is -0.116. The molecule has 7 heteroatoms. The fraction of sp³-hybridized carbons (Fsp3) is 0.211. The van der Waals surface area contributed by atoms with Crippen molar-refractivity contribution in [3.05, 3.63) is 71.6 Å². The molecule has 0 bridgehead atoms. The fourth-order valence-electron chi connectivity index (χ4n) is 2.35. The van der Waals surface area contributed by atoms with E-state index in [1.54, 1.807) is 47.4 Å². The molecule has 0 aliphatic carbocycles. The van der Waals surface area contributed by atoms with Gasteiger partial charge in [0, 0.05) is 36.1 Å². The van der Waals surface area contributed by atoms with Crippen molar-refractivity contribution >= 4 is 23.3 Å². The molecule has 0 aliphatic heterocycles.